The van der Waals surface area contributed by atoms with Crippen molar-refractivity contribution in [2.45, 2.75) is 0 Å². The molecule has 0 aromatic carbocycles. The molecular formula is CINZn. The van der Waals surface area contributed by atoms with E-state index in [9.17, 15) is 0 Å². The van der Waals surface area contributed by atoms with Crippen LogP contribution < -0.4 is 24.0 Å². The third-order valence-electron chi connectivity index (χ3n) is 0. The first-order chi connectivity index (χ1) is 1.00. The summed E-state index contributed by atoms with van der Waals surface area (Å²) in [5.41, 5.74) is 0. The second-order valence-electron chi connectivity index (χ2n) is 0. The van der Waals surface area contributed by atoms with Crippen LogP contribution in [0.3, 0.4) is 0 Å². The molecule has 0 N–H and O–H groups in total. The van der Waals surface area contributed by atoms with Gasteiger partial charge in [0, 0.05) is 0 Å². The molecular weight excluding hydrogens is 218 g/mol. The average molecular weight is 218 g/mol. The van der Waals surface area contributed by atoms with E-state index in [-0.39, 0.29) is 43.5 Å². The Hall–Kier alpha value is 0.843. The Morgan fingerprint density at radius 1 is 1.25 bits per heavy atom. The van der Waals surface area contributed by atoms with Crippen LogP contribution in [0.1, 0.15) is 0 Å². The van der Waals surface area contributed by atoms with Gasteiger partial charge in [-0.1, -0.05) is 0 Å². The van der Waals surface area contributed by atoms with Gasteiger partial charge in [0.1, 0.15) is 0 Å². The van der Waals surface area contributed by atoms with Crippen LogP contribution in [-0.4, -0.2) is 0 Å². The van der Waals surface area contributed by atoms with Crippen LogP contribution in [-0.2, 0) is 19.5 Å². The maximum atomic E-state index is 6.25. The van der Waals surface area contributed by atoms with E-state index >= 15 is 0 Å². The van der Waals surface area contributed by atoms with Crippen molar-refractivity contribution in [1.82, 2.24) is 0 Å². The van der Waals surface area contributed by atoms with Crippen LogP contribution in [0.25, 0.3) is 0 Å². The van der Waals surface area contributed by atoms with Gasteiger partial charge in [-0.05, 0) is 0 Å². The predicted octanol–water partition coefficient (Wildman–Crippen LogP) is -2.90. The van der Waals surface area contributed by atoms with Crippen molar-refractivity contribution in [1.29, 1.82) is 5.26 Å². The van der Waals surface area contributed by atoms with Gasteiger partial charge in [0.15, 0.2) is 0 Å². The van der Waals surface area contributed by atoms with Crippen molar-refractivity contribution in [2.75, 3.05) is 0 Å². The fourth-order valence-corrected chi connectivity index (χ4v) is 0. The molecule has 0 saturated carbocycles. The Kier molecular flexibility index (Phi) is 230. The summed E-state index contributed by atoms with van der Waals surface area (Å²) in [7, 11) is 0. The summed E-state index contributed by atoms with van der Waals surface area (Å²) < 4.78 is 0. The normalized spacial score (nSPS) is 0.500. The Balaban J connectivity index is -0.00000000500. The zero-order valence-electron chi connectivity index (χ0n) is 2.03. The smallest absolute Gasteiger partial charge is 1.00 e. The molecule has 0 unspecified atom stereocenters. The van der Waals surface area contributed by atoms with E-state index in [1.165, 1.54) is 0 Å². The summed E-state index contributed by atoms with van der Waals surface area (Å²) >= 11 is 0. The van der Waals surface area contributed by atoms with E-state index < -0.39 is 0 Å². The van der Waals surface area contributed by atoms with Gasteiger partial charge in [0.05, 0.1) is 0 Å². The van der Waals surface area contributed by atoms with Gasteiger partial charge in [0.2, 0.25) is 0 Å². The van der Waals surface area contributed by atoms with Gasteiger partial charge in [-0.25, -0.2) is 0 Å². The molecule has 0 bridgehead atoms. The number of halogens is 1. The standard InChI is InChI=1S/CN.HI.Zn/c1-2;;/h;1H;/q-1;;+2/p-1. The summed E-state index contributed by atoms with van der Waals surface area (Å²) in [5, 5.41) is 6.25. The topological polar surface area (TPSA) is 23.8 Å². The van der Waals surface area contributed by atoms with Crippen LogP contribution in [0.15, 0.2) is 0 Å². The molecule has 0 radical (unpaired) electrons. The molecule has 0 atom stereocenters. The summed E-state index contributed by atoms with van der Waals surface area (Å²) in [6.45, 7) is 4.75. The molecule has 4 heavy (non-hydrogen) atoms. The third kappa shape index (κ3) is 13.6. The van der Waals surface area contributed by atoms with Crippen LogP contribution in [0, 0.1) is 11.8 Å². The van der Waals surface area contributed by atoms with E-state index in [1.54, 1.807) is 0 Å². The zero-order chi connectivity index (χ0) is 2.00. The van der Waals surface area contributed by atoms with Gasteiger partial charge >= 0.3 is 19.5 Å². The van der Waals surface area contributed by atoms with Crippen LogP contribution in [0.2, 0.25) is 0 Å². The molecule has 18 valence electrons. The van der Waals surface area contributed by atoms with Crippen molar-refractivity contribution >= 4 is 0 Å². The maximum absolute atomic E-state index is 6.25. The van der Waals surface area contributed by atoms with Crippen LogP contribution in [0.4, 0.5) is 0 Å². The predicted molar refractivity (Wildman–Crippen MR) is 4.97 cm³/mol. The monoisotopic (exact) mass is 217 g/mol. The molecule has 0 amide bonds. The maximum Gasteiger partial charge on any atom is 2.00 e. The first-order valence-electron chi connectivity index (χ1n) is 0.224. The first-order valence-corrected chi connectivity index (χ1v) is 0.224. The molecule has 0 aliphatic heterocycles. The van der Waals surface area contributed by atoms with E-state index in [4.69, 9.17) is 11.8 Å². The minimum atomic E-state index is 0. The molecule has 0 heterocycles. The van der Waals surface area contributed by atoms with Gasteiger partial charge in [-0.2, -0.15) is 0 Å². The number of hydrogen-bond donors (Lipinski definition) is 0. The molecule has 0 aliphatic rings. The minimum Gasteiger partial charge on any atom is -1.00 e. The second-order valence-corrected chi connectivity index (χ2v) is 0. The van der Waals surface area contributed by atoms with Crippen LogP contribution >= 0.6 is 0 Å². The zero-order valence-corrected chi connectivity index (χ0v) is 7.16. The van der Waals surface area contributed by atoms with Crippen molar-refractivity contribution in [3.63, 3.8) is 0 Å². The SMILES string of the molecule is [C-]#N.[I-].[Zn+2]. The van der Waals surface area contributed by atoms with E-state index in [0.29, 0.717) is 0 Å². The van der Waals surface area contributed by atoms with E-state index in [1.807, 2.05) is 0 Å². The molecule has 0 aromatic heterocycles. The quantitative estimate of drug-likeness (QED) is 0.243. The Bertz CT molecular complexity index is 12.8. The Morgan fingerprint density at radius 2 is 1.25 bits per heavy atom. The van der Waals surface area contributed by atoms with Crippen molar-refractivity contribution in [3.05, 3.63) is 6.57 Å². The number of rotatable bonds is 0. The summed E-state index contributed by atoms with van der Waals surface area (Å²) in [6.07, 6.45) is 0. The molecule has 0 saturated heterocycles. The fourth-order valence-electron chi connectivity index (χ4n) is 0. The Labute approximate surface area is 55.2 Å². The molecule has 0 spiro atoms. The van der Waals surface area contributed by atoms with Crippen LogP contribution in [0.5, 0.6) is 0 Å². The van der Waals surface area contributed by atoms with Gasteiger partial charge in [-0.3, -0.25) is 0 Å². The summed E-state index contributed by atoms with van der Waals surface area (Å²) in [4.78, 5) is 0. The molecule has 0 aromatic rings. The minimum absolute atomic E-state index is 0. The summed E-state index contributed by atoms with van der Waals surface area (Å²) in [6, 6.07) is 0. The first kappa shape index (κ1) is 21.1. The molecule has 3 heteroatoms. The van der Waals surface area contributed by atoms with Gasteiger partial charge in [-0.15, -0.1) is 0 Å². The average Bonchev–Trinajstić information content (AvgIpc) is 1.00. The summed E-state index contributed by atoms with van der Waals surface area (Å²) in [5.74, 6) is 0. The van der Waals surface area contributed by atoms with Gasteiger partial charge < -0.3 is 35.8 Å². The largest absolute Gasteiger partial charge is 2.00 e. The van der Waals surface area contributed by atoms with E-state index in [0.717, 1.165) is 0 Å². The van der Waals surface area contributed by atoms with E-state index in [2.05, 4.69) is 0 Å². The second kappa shape index (κ2) is 43.7. The van der Waals surface area contributed by atoms with Crippen molar-refractivity contribution < 1.29 is 43.5 Å². The number of hydrogen-bond acceptors (Lipinski definition) is 1. The Morgan fingerprint density at radius 3 is 1.25 bits per heavy atom. The number of nitrogens with zero attached hydrogens (tertiary/aromatic N) is 1. The molecule has 0 rings (SSSR count). The van der Waals surface area contributed by atoms with Crippen molar-refractivity contribution in [2.24, 2.45) is 0 Å². The van der Waals surface area contributed by atoms with Crippen molar-refractivity contribution in [3.8, 4) is 0 Å². The molecule has 1 nitrogen and oxygen atoms in total. The third-order valence-corrected chi connectivity index (χ3v) is 0. The molecule has 0 aliphatic carbocycles. The molecule has 0 fully saturated rings. The fraction of sp³-hybridized carbons (Fsp3) is 0. The van der Waals surface area contributed by atoms with Gasteiger partial charge in [0.25, 0.3) is 0 Å².